The summed E-state index contributed by atoms with van der Waals surface area (Å²) in [4.78, 5) is 12.7. The van der Waals surface area contributed by atoms with Gasteiger partial charge in [0, 0.05) is 13.0 Å². The molecule has 4 N–H and O–H groups in total. The van der Waals surface area contributed by atoms with E-state index in [0.717, 1.165) is 51.4 Å². The Morgan fingerprint density at radius 1 is 0.640 bits per heavy atom. The Balaban J connectivity index is 2.30. The molecule has 0 aromatic heterocycles. The van der Waals surface area contributed by atoms with Crippen LogP contribution in [0.2, 0.25) is 0 Å². The number of aliphatic hydroxyl groups excluding tert-OH is 4. The normalized spacial score (nSPS) is 21.8. The third-order valence-electron chi connectivity index (χ3n) is 9.37. The summed E-state index contributed by atoms with van der Waals surface area (Å²) >= 11 is 0. The Hall–Kier alpha value is -1.33. The second kappa shape index (κ2) is 33.5. The molecule has 0 aromatic rings. The van der Waals surface area contributed by atoms with Gasteiger partial charge in [0.05, 0.1) is 19.8 Å². The van der Waals surface area contributed by atoms with Crippen LogP contribution in [-0.4, -0.2) is 89.6 Å². The molecule has 0 bridgehead atoms. The fraction of sp³-hybridized carbons (Fsp3) is 0.878. The summed E-state index contributed by atoms with van der Waals surface area (Å²) < 4.78 is 22.7. The molecular formula is C41H76O9. The van der Waals surface area contributed by atoms with Crippen LogP contribution in [0.5, 0.6) is 0 Å². The van der Waals surface area contributed by atoms with Gasteiger partial charge in [-0.2, -0.15) is 0 Å². The number of esters is 1. The maximum Gasteiger partial charge on any atom is 0.306 e. The van der Waals surface area contributed by atoms with E-state index in [2.05, 4.69) is 38.2 Å². The summed E-state index contributed by atoms with van der Waals surface area (Å²) in [5.41, 5.74) is 0. The molecule has 294 valence electrons. The van der Waals surface area contributed by atoms with E-state index in [-0.39, 0.29) is 19.2 Å². The van der Waals surface area contributed by atoms with E-state index in [0.29, 0.717) is 13.0 Å². The molecule has 1 aliphatic rings. The van der Waals surface area contributed by atoms with E-state index in [1.807, 2.05) is 0 Å². The van der Waals surface area contributed by atoms with Crippen LogP contribution in [0, 0.1) is 0 Å². The van der Waals surface area contributed by atoms with Crippen LogP contribution in [-0.2, 0) is 23.7 Å². The SMILES string of the molecule is CCCCC/C=C\C/C=C\CCCCCCCCOCC(COC1OC(CO)C(O)C(O)C1O)OC(=O)CCCCCCCCCCCCC. The Bertz CT molecular complexity index is 818. The molecule has 9 nitrogen and oxygen atoms in total. The van der Waals surface area contributed by atoms with E-state index in [1.54, 1.807) is 0 Å². The molecular weight excluding hydrogens is 636 g/mol. The van der Waals surface area contributed by atoms with Gasteiger partial charge in [0.15, 0.2) is 6.29 Å². The highest BCUT2D eigenvalue weighted by molar-refractivity contribution is 5.69. The zero-order valence-electron chi connectivity index (χ0n) is 31.9. The van der Waals surface area contributed by atoms with Gasteiger partial charge in [-0.25, -0.2) is 0 Å². The molecule has 1 aliphatic heterocycles. The maximum absolute atomic E-state index is 12.7. The second-order valence-electron chi connectivity index (χ2n) is 14.1. The highest BCUT2D eigenvalue weighted by Crippen LogP contribution is 2.22. The van der Waals surface area contributed by atoms with Crippen LogP contribution in [0.25, 0.3) is 0 Å². The van der Waals surface area contributed by atoms with Crippen molar-refractivity contribution in [3.05, 3.63) is 24.3 Å². The van der Waals surface area contributed by atoms with E-state index in [4.69, 9.17) is 18.9 Å². The number of rotatable bonds is 34. The molecule has 1 saturated heterocycles. The number of aliphatic hydroxyl groups is 4. The third-order valence-corrected chi connectivity index (χ3v) is 9.37. The molecule has 0 amide bonds. The molecule has 0 aliphatic carbocycles. The van der Waals surface area contributed by atoms with Crippen molar-refractivity contribution in [1.29, 1.82) is 0 Å². The van der Waals surface area contributed by atoms with Crippen molar-refractivity contribution < 1.29 is 44.2 Å². The number of hydrogen-bond acceptors (Lipinski definition) is 9. The molecule has 9 heteroatoms. The number of carbonyl (C=O) groups is 1. The monoisotopic (exact) mass is 713 g/mol. The minimum atomic E-state index is -1.53. The molecule has 1 rings (SSSR count). The van der Waals surface area contributed by atoms with Crippen molar-refractivity contribution in [1.82, 2.24) is 0 Å². The quantitative estimate of drug-likeness (QED) is 0.0296. The Morgan fingerprint density at radius 3 is 1.76 bits per heavy atom. The summed E-state index contributed by atoms with van der Waals surface area (Å²) in [5, 5.41) is 40.0. The van der Waals surface area contributed by atoms with Crippen molar-refractivity contribution in [3.63, 3.8) is 0 Å². The Labute approximate surface area is 305 Å². The van der Waals surface area contributed by atoms with Gasteiger partial charge in [0.25, 0.3) is 0 Å². The van der Waals surface area contributed by atoms with Crippen LogP contribution in [0.1, 0.15) is 168 Å². The van der Waals surface area contributed by atoms with E-state index in [9.17, 15) is 25.2 Å². The topological polar surface area (TPSA) is 135 Å². The number of carbonyl (C=O) groups excluding carboxylic acids is 1. The van der Waals surface area contributed by atoms with Crippen LogP contribution in [0.3, 0.4) is 0 Å². The predicted octanol–water partition coefficient (Wildman–Crippen LogP) is 8.25. The van der Waals surface area contributed by atoms with Crippen molar-refractivity contribution in [2.24, 2.45) is 0 Å². The molecule has 0 radical (unpaired) electrons. The van der Waals surface area contributed by atoms with Gasteiger partial charge in [-0.1, -0.05) is 141 Å². The maximum atomic E-state index is 12.7. The summed E-state index contributed by atoms with van der Waals surface area (Å²) in [6.45, 7) is 4.50. The lowest BCUT2D eigenvalue weighted by molar-refractivity contribution is -0.305. The lowest BCUT2D eigenvalue weighted by Crippen LogP contribution is -2.59. The van der Waals surface area contributed by atoms with Gasteiger partial charge in [-0.3, -0.25) is 4.79 Å². The highest BCUT2D eigenvalue weighted by atomic mass is 16.7. The lowest BCUT2D eigenvalue weighted by atomic mass is 9.99. The standard InChI is InChI=1S/C41H76O9/c1-3-5-7-9-11-13-15-16-17-18-19-21-23-25-27-29-31-47-33-35(34-48-41-40(46)39(45)38(44)36(32-42)50-41)49-37(43)30-28-26-24-22-20-14-12-10-8-6-4-2/h11,13,16-17,35-36,38-42,44-46H,3-10,12,14-15,18-34H2,1-2H3/b13-11-,17-16-. The minimum absolute atomic E-state index is 0.115. The predicted molar refractivity (Wildman–Crippen MR) is 201 cm³/mol. The second-order valence-corrected chi connectivity index (χ2v) is 14.1. The van der Waals surface area contributed by atoms with Gasteiger partial charge in [0.1, 0.15) is 30.5 Å². The Kier molecular flexibility index (Phi) is 31.3. The molecule has 0 aromatic carbocycles. The molecule has 0 saturated carbocycles. The van der Waals surface area contributed by atoms with Crippen LogP contribution in [0.4, 0.5) is 0 Å². The van der Waals surface area contributed by atoms with Crippen molar-refractivity contribution in [2.45, 2.75) is 205 Å². The van der Waals surface area contributed by atoms with Crippen molar-refractivity contribution >= 4 is 5.97 Å². The van der Waals surface area contributed by atoms with Crippen molar-refractivity contribution in [3.8, 4) is 0 Å². The average Bonchev–Trinajstić information content (AvgIpc) is 3.11. The first kappa shape index (κ1) is 46.7. The zero-order valence-corrected chi connectivity index (χ0v) is 31.9. The summed E-state index contributed by atoms with van der Waals surface area (Å²) in [6, 6.07) is 0. The van der Waals surface area contributed by atoms with E-state index < -0.39 is 43.4 Å². The first-order valence-corrected chi connectivity index (χ1v) is 20.4. The first-order valence-electron chi connectivity index (χ1n) is 20.4. The van der Waals surface area contributed by atoms with E-state index >= 15 is 0 Å². The smallest absolute Gasteiger partial charge is 0.306 e. The van der Waals surface area contributed by atoms with Gasteiger partial charge in [-0.05, 0) is 44.9 Å². The third kappa shape index (κ3) is 24.8. The van der Waals surface area contributed by atoms with Crippen LogP contribution in [0.15, 0.2) is 24.3 Å². The largest absolute Gasteiger partial charge is 0.457 e. The number of ether oxygens (including phenoxy) is 4. The summed E-state index contributed by atoms with van der Waals surface area (Å²) in [5.74, 6) is -0.319. The van der Waals surface area contributed by atoms with Gasteiger partial charge in [0.2, 0.25) is 0 Å². The van der Waals surface area contributed by atoms with E-state index in [1.165, 1.54) is 96.3 Å². The van der Waals surface area contributed by atoms with Gasteiger partial charge < -0.3 is 39.4 Å². The number of hydrogen-bond donors (Lipinski definition) is 4. The van der Waals surface area contributed by atoms with Gasteiger partial charge in [-0.15, -0.1) is 0 Å². The fourth-order valence-electron chi connectivity index (χ4n) is 6.11. The molecule has 6 unspecified atom stereocenters. The van der Waals surface area contributed by atoms with Crippen LogP contribution >= 0.6 is 0 Å². The fourth-order valence-corrected chi connectivity index (χ4v) is 6.11. The molecule has 1 fully saturated rings. The molecule has 0 spiro atoms. The average molecular weight is 713 g/mol. The zero-order chi connectivity index (χ0) is 36.5. The van der Waals surface area contributed by atoms with Crippen molar-refractivity contribution in [2.75, 3.05) is 26.4 Å². The first-order chi connectivity index (χ1) is 24.4. The molecule has 50 heavy (non-hydrogen) atoms. The Morgan fingerprint density at radius 2 is 1.16 bits per heavy atom. The van der Waals surface area contributed by atoms with Gasteiger partial charge >= 0.3 is 5.97 Å². The molecule has 6 atom stereocenters. The van der Waals surface area contributed by atoms with Crippen LogP contribution < -0.4 is 0 Å². The number of unbranched alkanes of at least 4 members (excludes halogenated alkanes) is 19. The minimum Gasteiger partial charge on any atom is -0.457 e. The summed E-state index contributed by atoms with van der Waals surface area (Å²) in [6.07, 6.45) is 29.1. The number of allylic oxidation sites excluding steroid dienone is 4. The summed E-state index contributed by atoms with van der Waals surface area (Å²) in [7, 11) is 0. The lowest BCUT2D eigenvalue weighted by Gasteiger charge is -2.39. The molecule has 1 heterocycles. The highest BCUT2D eigenvalue weighted by Gasteiger charge is 2.44.